The van der Waals surface area contributed by atoms with E-state index >= 15 is 0 Å². The Labute approximate surface area is 72.7 Å². The number of aliphatic carboxylic acids is 1. The minimum Gasteiger partial charge on any atom is -0.481 e. The number of carbonyl (C=O) groups is 1. The van der Waals surface area contributed by atoms with Crippen LogP contribution in [0.15, 0.2) is 0 Å². The fourth-order valence-corrected chi connectivity index (χ4v) is 1.77. The summed E-state index contributed by atoms with van der Waals surface area (Å²) in [6.07, 6.45) is 0. The lowest BCUT2D eigenvalue weighted by Crippen LogP contribution is -2.31. The molecule has 0 aromatic carbocycles. The van der Waals surface area contributed by atoms with Crippen molar-refractivity contribution < 1.29 is 14.6 Å². The van der Waals surface area contributed by atoms with Gasteiger partial charge in [-0.3, -0.25) is 4.79 Å². The molecule has 1 saturated heterocycles. The van der Waals surface area contributed by atoms with Crippen molar-refractivity contribution in [2.75, 3.05) is 13.2 Å². The molecular weight excluding hydrogens is 156 g/mol. The van der Waals surface area contributed by atoms with Crippen molar-refractivity contribution in [2.45, 2.75) is 20.8 Å². The normalized spacial score (nSPS) is 30.1. The Morgan fingerprint density at radius 3 is 2.58 bits per heavy atom. The lowest BCUT2D eigenvalue weighted by molar-refractivity contribution is -0.144. The number of carboxylic acid groups (broad SMARTS) is 1. The zero-order chi connectivity index (χ0) is 9.35. The van der Waals surface area contributed by atoms with E-state index in [9.17, 15) is 4.79 Å². The standard InChI is InChI=1S/C9H16O3/c1-6(8(10)11)7-4-12-5-9(7,2)3/h6-7H,4-5H2,1-3H3,(H,10,11). The topological polar surface area (TPSA) is 46.5 Å². The zero-order valence-corrected chi connectivity index (χ0v) is 7.83. The van der Waals surface area contributed by atoms with Crippen LogP contribution in [0.4, 0.5) is 0 Å². The molecule has 1 fully saturated rings. The number of hydrogen-bond acceptors (Lipinski definition) is 2. The Hall–Kier alpha value is -0.570. The zero-order valence-electron chi connectivity index (χ0n) is 7.83. The molecule has 3 nitrogen and oxygen atoms in total. The van der Waals surface area contributed by atoms with Crippen LogP contribution >= 0.6 is 0 Å². The largest absolute Gasteiger partial charge is 0.481 e. The quantitative estimate of drug-likeness (QED) is 0.684. The van der Waals surface area contributed by atoms with Crippen molar-refractivity contribution >= 4 is 5.97 Å². The minimum absolute atomic E-state index is 0.0117. The molecular formula is C9H16O3. The van der Waals surface area contributed by atoms with Gasteiger partial charge in [0, 0.05) is 5.92 Å². The molecule has 0 saturated carbocycles. The second kappa shape index (κ2) is 3.05. The highest BCUT2D eigenvalue weighted by molar-refractivity contribution is 5.70. The van der Waals surface area contributed by atoms with E-state index in [4.69, 9.17) is 9.84 Å². The summed E-state index contributed by atoms with van der Waals surface area (Å²) in [5.41, 5.74) is 0.0117. The molecule has 1 N–H and O–H groups in total. The first kappa shape index (κ1) is 9.52. The van der Waals surface area contributed by atoms with Gasteiger partial charge in [0.05, 0.1) is 19.1 Å². The van der Waals surface area contributed by atoms with Crippen LogP contribution in [0.1, 0.15) is 20.8 Å². The molecule has 0 amide bonds. The first-order valence-electron chi connectivity index (χ1n) is 4.25. The molecule has 0 aromatic rings. The molecule has 70 valence electrons. The van der Waals surface area contributed by atoms with Crippen molar-refractivity contribution in [2.24, 2.45) is 17.3 Å². The Morgan fingerprint density at radius 1 is 1.67 bits per heavy atom. The van der Waals surface area contributed by atoms with Crippen molar-refractivity contribution in [1.82, 2.24) is 0 Å². The summed E-state index contributed by atoms with van der Waals surface area (Å²) in [6.45, 7) is 7.13. The maximum absolute atomic E-state index is 10.7. The SMILES string of the molecule is CC(C(=O)O)C1COCC1(C)C. The van der Waals surface area contributed by atoms with Crippen molar-refractivity contribution in [1.29, 1.82) is 0 Å². The Bertz CT molecular complexity index is 186. The van der Waals surface area contributed by atoms with Gasteiger partial charge in [0.15, 0.2) is 0 Å². The van der Waals surface area contributed by atoms with Gasteiger partial charge in [0.2, 0.25) is 0 Å². The molecule has 1 heterocycles. The van der Waals surface area contributed by atoms with Crippen LogP contribution in [0.3, 0.4) is 0 Å². The molecule has 0 spiro atoms. The van der Waals surface area contributed by atoms with Gasteiger partial charge in [-0.1, -0.05) is 20.8 Å². The number of carboxylic acids is 1. The molecule has 2 atom stereocenters. The van der Waals surface area contributed by atoms with Gasteiger partial charge >= 0.3 is 5.97 Å². The molecule has 1 rings (SSSR count). The van der Waals surface area contributed by atoms with Crippen LogP contribution in [0.5, 0.6) is 0 Å². The van der Waals surface area contributed by atoms with Gasteiger partial charge in [-0.15, -0.1) is 0 Å². The fraction of sp³-hybridized carbons (Fsp3) is 0.889. The van der Waals surface area contributed by atoms with E-state index in [2.05, 4.69) is 13.8 Å². The molecule has 0 bridgehead atoms. The highest BCUT2D eigenvalue weighted by Crippen LogP contribution is 2.38. The lowest BCUT2D eigenvalue weighted by atomic mass is 9.75. The average Bonchev–Trinajstić information content (AvgIpc) is 2.27. The van der Waals surface area contributed by atoms with E-state index in [-0.39, 0.29) is 17.3 Å². The van der Waals surface area contributed by atoms with E-state index in [1.807, 2.05) is 0 Å². The molecule has 1 aliphatic rings. The van der Waals surface area contributed by atoms with Gasteiger partial charge in [0.1, 0.15) is 0 Å². The Balaban J connectivity index is 2.68. The molecule has 1 aliphatic heterocycles. The van der Waals surface area contributed by atoms with Gasteiger partial charge in [-0.2, -0.15) is 0 Å². The third-order valence-electron chi connectivity index (χ3n) is 2.77. The monoisotopic (exact) mass is 172 g/mol. The second-order valence-electron chi connectivity index (χ2n) is 4.24. The van der Waals surface area contributed by atoms with Crippen LogP contribution < -0.4 is 0 Å². The van der Waals surface area contributed by atoms with E-state index in [1.165, 1.54) is 0 Å². The fourth-order valence-electron chi connectivity index (χ4n) is 1.77. The van der Waals surface area contributed by atoms with Crippen LogP contribution in [-0.4, -0.2) is 24.3 Å². The molecule has 0 aromatic heterocycles. The first-order chi connectivity index (χ1) is 5.45. The number of hydrogen-bond donors (Lipinski definition) is 1. The van der Waals surface area contributed by atoms with Crippen molar-refractivity contribution in [3.63, 3.8) is 0 Å². The van der Waals surface area contributed by atoms with E-state index < -0.39 is 5.97 Å². The van der Waals surface area contributed by atoms with Crippen LogP contribution in [0.25, 0.3) is 0 Å². The molecule has 12 heavy (non-hydrogen) atoms. The van der Waals surface area contributed by atoms with Gasteiger partial charge in [-0.05, 0) is 5.41 Å². The molecule has 2 unspecified atom stereocenters. The molecule has 0 aliphatic carbocycles. The van der Waals surface area contributed by atoms with Gasteiger partial charge in [0.25, 0.3) is 0 Å². The van der Waals surface area contributed by atoms with E-state index in [1.54, 1.807) is 6.92 Å². The van der Waals surface area contributed by atoms with E-state index in [0.29, 0.717) is 13.2 Å². The minimum atomic E-state index is -0.724. The number of rotatable bonds is 2. The lowest BCUT2D eigenvalue weighted by Gasteiger charge is -2.27. The van der Waals surface area contributed by atoms with Gasteiger partial charge < -0.3 is 9.84 Å². The summed E-state index contributed by atoms with van der Waals surface area (Å²) in [6, 6.07) is 0. The van der Waals surface area contributed by atoms with Crippen LogP contribution in [-0.2, 0) is 9.53 Å². The summed E-state index contributed by atoms with van der Waals surface area (Å²) >= 11 is 0. The van der Waals surface area contributed by atoms with E-state index in [0.717, 1.165) is 0 Å². The predicted molar refractivity (Wildman–Crippen MR) is 44.9 cm³/mol. The molecule has 3 heteroatoms. The highest BCUT2D eigenvalue weighted by Gasteiger charge is 2.41. The predicted octanol–water partition coefficient (Wildman–Crippen LogP) is 1.38. The molecule has 0 radical (unpaired) electrons. The maximum Gasteiger partial charge on any atom is 0.306 e. The summed E-state index contributed by atoms with van der Waals surface area (Å²) in [7, 11) is 0. The average molecular weight is 172 g/mol. The third kappa shape index (κ3) is 1.61. The van der Waals surface area contributed by atoms with Crippen molar-refractivity contribution in [3.05, 3.63) is 0 Å². The Morgan fingerprint density at radius 2 is 2.25 bits per heavy atom. The first-order valence-corrected chi connectivity index (χ1v) is 4.25. The highest BCUT2D eigenvalue weighted by atomic mass is 16.5. The van der Waals surface area contributed by atoms with Crippen LogP contribution in [0.2, 0.25) is 0 Å². The maximum atomic E-state index is 10.7. The smallest absolute Gasteiger partial charge is 0.306 e. The second-order valence-corrected chi connectivity index (χ2v) is 4.24. The third-order valence-corrected chi connectivity index (χ3v) is 2.77. The summed E-state index contributed by atoms with van der Waals surface area (Å²) in [4.78, 5) is 10.7. The summed E-state index contributed by atoms with van der Waals surface area (Å²) in [5, 5.41) is 8.82. The number of ether oxygens (including phenoxy) is 1. The Kier molecular flexibility index (Phi) is 2.42. The van der Waals surface area contributed by atoms with Crippen molar-refractivity contribution in [3.8, 4) is 0 Å². The summed E-state index contributed by atoms with van der Waals surface area (Å²) in [5.74, 6) is -0.879. The van der Waals surface area contributed by atoms with Gasteiger partial charge in [-0.25, -0.2) is 0 Å². The van der Waals surface area contributed by atoms with Crippen LogP contribution in [0, 0.1) is 17.3 Å². The summed E-state index contributed by atoms with van der Waals surface area (Å²) < 4.78 is 5.28.